The van der Waals surface area contributed by atoms with Crippen LogP contribution in [0, 0.1) is 12.7 Å². The number of aryl methyl sites for hydroxylation is 1. The molecule has 1 fully saturated rings. The third-order valence-electron chi connectivity index (χ3n) is 7.23. The summed E-state index contributed by atoms with van der Waals surface area (Å²) in [6, 6.07) is 24.1. The molecule has 4 aromatic carbocycles. The van der Waals surface area contributed by atoms with Crippen molar-refractivity contribution in [3.63, 3.8) is 0 Å². The number of halogens is 3. The molecule has 1 aliphatic heterocycles. The molecule has 1 unspecified atom stereocenters. The number of carbonyl (C=O) groups is 2. The summed E-state index contributed by atoms with van der Waals surface area (Å²) in [4.78, 5) is 28.1. The molecule has 1 N–H and O–H groups in total. The summed E-state index contributed by atoms with van der Waals surface area (Å²) < 4.78 is 21.7. The van der Waals surface area contributed by atoms with Gasteiger partial charge in [-0.3, -0.25) is 14.5 Å². The van der Waals surface area contributed by atoms with Gasteiger partial charge in [-0.1, -0.05) is 100 Å². The minimum absolute atomic E-state index is 0.0266. The van der Waals surface area contributed by atoms with Gasteiger partial charge >= 0.3 is 5.91 Å². The van der Waals surface area contributed by atoms with Gasteiger partial charge in [0, 0.05) is 26.9 Å². The van der Waals surface area contributed by atoms with Gasteiger partial charge in [0.15, 0.2) is 4.34 Å². The molecule has 232 valence electrons. The van der Waals surface area contributed by atoms with Crippen LogP contribution in [-0.2, 0) is 21.9 Å². The first-order valence-electron chi connectivity index (χ1n) is 13.9. The summed E-state index contributed by atoms with van der Waals surface area (Å²) in [6.07, 6.45) is 0. The fraction of sp³-hybridized carbons (Fsp3) is 0.118. The number of ether oxygens (including phenoxy) is 1. The van der Waals surface area contributed by atoms with E-state index in [0.29, 0.717) is 32.5 Å². The van der Waals surface area contributed by atoms with Crippen molar-refractivity contribution in [1.29, 1.82) is 0 Å². The molecule has 12 heteroatoms. The minimum atomic E-state index is -1.28. The molecule has 1 atom stereocenters. The van der Waals surface area contributed by atoms with Crippen molar-refractivity contribution in [2.75, 3.05) is 4.90 Å². The number of nitrogens with zero attached hydrogens (tertiary/aromatic N) is 3. The average molecular weight is 693 g/mol. The average Bonchev–Trinajstić information content (AvgIpc) is 3.61. The lowest BCUT2D eigenvalue weighted by Gasteiger charge is -2.22. The number of anilines is 1. The standard InChI is InChI=1S/C34H24Cl2FN3O4S2/c1-19-5-4-6-20(15-19)17-44-24-13-10-21(11-14-24)30(41)28-29(25-7-2-3-8-27(25)37)40(32(43)31(28)42)33-38-39-34(46-33)45-18-22-9-12-23(35)16-26(22)36/h2-16,29,41H,17-18H2,1H3/b30-28+. The van der Waals surface area contributed by atoms with Crippen molar-refractivity contribution in [2.45, 2.75) is 29.7 Å². The molecule has 0 spiro atoms. The van der Waals surface area contributed by atoms with Gasteiger partial charge in [-0.05, 0) is 60.5 Å². The highest BCUT2D eigenvalue weighted by atomic mass is 35.5. The van der Waals surface area contributed by atoms with Gasteiger partial charge in [-0.15, -0.1) is 10.2 Å². The molecule has 5 aromatic rings. The second-order valence-electron chi connectivity index (χ2n) is 10.4. The summed E-state index contributed by atoms with van der Waals surface area (Å²) >= 11 is 14.7. The Kier molecular flexibility index (Phi) is 9.42. The van der Waals surface area contributed by atoms with Crippen LogP contribution in [0.15, 0.2) is 101 Å². The zero-order valence-electron chi connectivity index (χ0n) is 24.1. The van der Waals surface area contributed by atoms with Crippen LogP contribution in [0.4, 0.5) is 9.52 Å². The van der Waals surface area contributed by atoms with Crippen LogP contribution in [0.5, 0.6) is 5.75 Å². The number of carbonyl (C=O) groups excluding carboxylic acids is 2. The Hall–Kier alpha value is -4.22. The van der Waals surface area contributed by atoms with Crippen molar-refractivity contribution < 1.29 is 23.8 Å². The monoisotopic (exact) mass is 691 g/mol. The first-order valence-corrected chi connectivity index (χ1v) is 16.5. The first kappa shape index (κ1) is 31.7. The number of ketones is 1. The quantitative estimate of drug-likeness (QED) is 0.0543. The number of rotatable bonds is 9. The van der Waals surface area contributed by atoms with Crippen LogP contribution in [0.25, 0.3) is 5.76 Å². The van der Waals surface area contributed by atoms with E-state index in [4.69, 9.17) is 27.9 Å². The van der Waals surface area contributed by atoms with E-state index in [-0.39, 0.29) is 21.8 Å². The van der Waals surface area contributed by atoms with Crippen molar-refractivity contribution >= 4 is 68.9 Å². The molecule has 6 rings (SSSR count). The normalized spacial score (nSPS) is 15.8. The van der Waals surface area contributed by atoms with Gasteiger partial charge in [0.05, 0.1) is 5.57 Å². The number of aliphatic hydroxyl groups is 1. The number of hydrogen-bond acceptors (Lipinski definition) is 8. The molecule has 1 aromatic heterocycles. The highest BCUT2D eigenvalue weighted by molar-refractivity contribution is 8.00. The Morgan fingerprint density at radius 2 is 1.78 bits per heavy atom. The fourth-order valence-corrected chi connectivity index (χ4v) is 7.42. The van der Waals surface area contributed by atoms with E-state index >= 15 is 4.39 Å². The Morgan fingerprint density at radius 1 is 1.00 bits per heavy atom. The molecule has 0 radical (unpaired) electrons. The lowest BCUT2D eigenvalue weighted by atomic mass is 9.95. The van der Waals surface area contributed by atoms with Crippen molar-refractivity contribution in [3.05, 3.63) is 140 Å². The molecule has 2 heterocycles. The summed E-state index contributed by atoms with van der Waals surface area (Å²) in [6.45, 7) is 2.35. The highest BCUT2D eigenvalue weighted by Gasteiger charge is 2.49. The molecule has 46 heavy (non-hydrogen) atoms. The lowest BCUT2D eigenvalue weighted by Crippen LogP contribution is -2.29. The topological polar surface area (TPSA) is 92.6 Å². The molecular weight excluding hydrogens is 668 g/mol. The fourth-order valence-electron chi connectivity index (χ4n) is 4.99. The van der Waals surface area contributed by atoms with Gasteiger partial charge in [0.1, 0.15) is 30.0 Å². The van der Waals surface area contributed by atoms with E-state index in [0.717, 1.165) is 32.9 Å². The predicted molar refractivity (Wildman–Crippen MR) is 179 cm³/mol. The van der Waals surface area contributed by atoms with E-state index in [2.05, 4.69) is 10.2 Å². The number of aromatic nitrogens is 2. The van der Waals surface area contributed by atoms with Crippen LogP contribution in [0.1, 0.15) is 33.9 Å². The zero-order chi connectivity index (χ0) is 32.4. The third kappa shape index (κ3) is 6.66. The lowest BCUT2D eigenvalue weighted by molar-refractivity contribution is -0.132. The molecule has 7 nitrogen and oxygen atoms in total. The summed E-state index contributed by atoms with van der Waals surface area (Å²) in [5.74, 6) is -2.03. The van der Waals surface area contributed by atoms with Crippen LogP contribution in [-0.4, -0.2) is 27.0 Å². The molecule has 1 amide bonds. The van der Waals surface area contributed by atoms with Crippen LogP contribution >= 0.6 is 46.3 Å². The predicted octanol–water partition coefficient (Wildman–Crippen LogP) is 8.79. The van der Waals surface area contributed by atoms with Gasteiger partial charge in [-0.25, -0.2) is 4.39 Å². The summed E-state index contributed by atoms with van der Waals surface area (Å²) in [5.41, 5.74) is 2.97. The second-order valence-corrected chi connectivity index (χ2v) is 13.4. The number of benzene rings is 4. The maximum Gasteiger partial charge on any atom is 0.301 e. The Labute approximate surface area is 282 Å². The molecule has 0 bridgehead atoms. The largest absolute Gasteiger partial charge is 0.507 e. The smallest absolute Gasteiger partial charge is 0.301 e. The van der Waals surface area contributed by atoms with E-state index in [9.17, 15) is 14.7 Å². The maximum absolute atomic E-state index is 15.3. The molecule has 0 saturated carbocycles. The first-order chi connectivity index (χ1) is 22.2. The van der Waals surface area contributed by atoms with Gasteiger partial charge in [0.2, 0.25) is 5.13 Å². The van der Waals surface area contributed by atoms with Crippen molar-refractivity contribution in [1.82, 2.24) is 10.2 Å². The van der Waals surface area contributed by atoms with Gasteiger partial charge < -0.3 is 9.84 Å². The van der Waals surface area contributed by atoms with E-state index in [1.165, 1.54) is 30.0 Å². The van der Waals surface area contributed by atoms with Gasteiger partial charge in [0.25, 0.3) is 5.78 Å². The molecule has 0 aliphatic carbocycles. The SMILES string of the molecule is Cc1cccc(COc2ccc(/C(O)=C3\C(=O)C(=O)N(c4nnc(SCc5ccc(Cl)cc5Cl)s4)C3c3ccccc3F)cc2)c1. The van der Waals surface area contributed by atoms with Crippen LogP contribution < -0.4 is 9.64 Å². The number of amides is 1. The Balaban J connectivity index is 1.30. The third-order valence-corrected chi connectivity index (χ3v) is 9.92. The van der Waals surface area contributed by atoms with Crippen LogP contribution in [0.2, 0.25) is 10.0 Å². The Bertz CT molecular complexity index is 1980. The van der Waals surface area contributed by atoms with E-state index < -0.39 is 29.3 Å². The number of Topliss-reactive ketones (excluding diaryl/α,β-unsaturated/α-hetero) is 1. The van der Waals surface area contributed by atoms with Gasteiger partial charge in [-0.2, -0.15) is 0 Å². The zero-order valence-corrected chi connectivity index (χ0v) is 27.3. The van der Waals surface area contributed by atoms with Crippen molar-refractivity contribution in [2.24, 2.45) is 0 Å². The number of thioether (sulfide) groups is 1. The number of aliphatic hydroxyl groups excluding tert-OH is 1. The van der Waals surface area contributed by atoms with Crippen LogP contribution in [0.3, 0.4) is 0 Å². The molecule has 1 aliphatic rings. The number of hydrogen-bond donors (Lipinski definition) is 1. The molecular formula is C34H24Cl2FN3O4S2. The molecule has 1 saturated heterocycles. The Morgan fingerprint density at radius 3 is 2.52 bits per heavy atom. The minimum Gasteiger partial charge on any atom is -0.507 e. The van der Waals surface area contributed by atoms with E-state index in [1.807, 2.05) is 31.2 Å². The second kappa shape index (κ2) is 13.6. The maximum atomic E-state index is 15.3. The summed E-state index contributed by atoms with van der Waals surface area (Å²) in [5, 5.41) is 20.9. The van der Waals surface area contributed by atoms with E-state index in [1.54, 1.807) is 48.5 Å². The highest BCUT2D eigenvalue weighted by Crippen LogP contribution is 2.45. The summed E-state index contributed by atoms with van der Waals surface area (Å²) in [7, 11) is 0. The van der Waals surface area contributed by atoms with Crippen molar-refractivity contribution in [3.8, 4) is 5.75 Å².